The van der Waals surface area contributed by atoms with Crippen LogP contribution in [0.4, 0.5) is 11.5 Å². The van der Waals surface area contributed by atoms with Gasteiger partial charge in [0, 0.05) is 43.8 Å². The van der Waals surface area contributed by atoms with Crippen molar-refractivity contribution in [1.82, 2.24) is 15.2 Å². The molecule has 1 fully saturated rings. The quantitative estimate of drug-likeness (QED) is 0.767. The van der Waals surface area contributed by atoms with Crippen molar-refractivity contribution >= 4 is 39.7 Å². The van der Waals surface area contributed by atoms with Gasteiger partial charge in [0.1, 0.15) is 5.82 Å². The van der Waals surface area contributed by atoms with Gasteiger partial charge in [-0.2, -0.15) is 0 Å². The van der Waals surface area contributed by atoms with Crippen molar-refractivity contribution in [2.45, 2.75) is 27.2 Å². The van der Waals surface area contributed by atoms with Crippen molar-refractivity contribution in [1.29, 1.82) is 0 Å². The first-order valence-electron chi connectivity index (χ1n) is 9.82. The number of likely N-dealkylation sites (N-methyl/N-ethyl adjacent to an activating group) is 1. The summed E-state index contributed by atoms with van der Waals surface area (Å²) in [6.45, 7) is 11.7. The molecule has 1 aliphatic rings. The molecule has 146 valence electrons. The Bertz CT molecular complexity index is 797. The zero-order chi connectivity index (χ0) is 19.4. The first-order chi connectivity index (χ1) is 12.9. The van der Waals surface area contributed by atoms with E-state index in [2.05, 4.69) is 72.5 Å². The lowest BCUT2D eigenvalue weighted by atomic mass is 10.1. The summed E-state index contributed by atoms with van der Waals surface area (Å²) in [5, 5.41) is 8.41. The lowest BCUT2D eigenvalue weighted by Gasteiger charge is -2.33. The van der Waals surface area contributed by atoms with Crippen molar-refractivity contribution < 1.29 is 0 Å². The smallest absolute Gasteiger partial charge is 0.170 e. The van der Waals surface area contributed by atoms with E-state index in [1.165, 1.54) is 10.9 Å². The molecule has 2 heterocycles. The Morgan fingerprint density at radius 1 is 1.19 bits per heavy atom. The average Bonchev–Trinajstić information content (AvgIpc) is 2.62. The fourth-order valence-corrected chi connectivity index (χ4v) is 3.52. The van der Waals surface area contributed by atoms with Gasteiger partial charge in [0.15, 0.2) is 5.11 Å². The van der Waals surface area contributed by atoms with Crippen LogP contribution in [0.25, 0.3) is 10.9 Å². The summed E-state index contributed by atoms with van der Waals surface area (Å²) < 4.78 is 0. The maximum absolute atomic E-state index is 5.41. The van der Waals surface area contributed by atoms with Crippen LogP contribution in [0.3, 0.4) is 0 Å². The molecule has 2 N–H and O–H groups in total. The summed E-state index contributed by atoms with van der Waals surface area (Å²) in [5.74, 6) is 1.75. The maximum Gasteiger partial charge on any atom is 0.170 e. The van der Waals surface area contributed by atoms with Crippen LogP contribution in [0.15, 0.2) is 24.3 Å². The van der Waals surface area contributed by atoms with Crippen LogP contribution in [0.1, 0.15) is 25.8 Å². The molecule has 0 unspecified atom stereocenters. The minimum absolute atomic E-state index is 0.671. The van der Waals surface area contributed by atoms with Crippen molar-refractivity contribution in [2.24, 2.45) is 5.92 Å². The lowest BCUT2D eigenvalue weighted by Crippen LogP contribution is -2.44. The van der Waals surface area contributed by atoms with Gasteiger partial charge >= 0.3 is 0 Å². The van der Waals surface area contributed by atoms with Gasteiger partial charge in [-0.1, -0.05) is 13.8 Å². The number of hydrogen-bond donors (Lipinski definition) is 2. The number of nitrogens with one attached hydrogen (secondary N) is 2. The van der Waals surface area contributed by atoms with Gasteiger partial charge in [-0.15, -0.1) is 0 Å². The number of aromatic nitrogens is 1. The van der Waals surface area contributed by atoms with E-state index in [0.29, 0.717) is 11.0 Å². The molecule has 1 saturated heterocycles. The summed E-state index contributed by atoms with van der Waals surface area (Å²) in [7, 11) is 2.17. The molecule has 0 saturated carbocycles. The molecule has 6 heteroatoms. The van der Waals surface area contributed by atoms with Crippen LogP contribution in [-0.2, 0) is 0 Å². The molecule has 3 rings (SSSR count). The number of aryl methyl sites for hydroxylation is 1. The standard InChI is InChI=1S/C21H31N5S/c1-15(2)7-8-22-21(27)23-17-5-6-19-18(14-17)16(3)13-20(24-19)26-11-9-25(4)10-12-26/h5-6,13-15H,7-12H2,1-4H3,(H2,22,23,27). The van der Waals surface area contributed by atoms with Crippen LogP contribution < -0.4 is 15.5 Å². The fraction of sp³-hybridized carbons (Fsp3) is 0.524. The average molecular weight is 386 g/mol. The molecule has 0 aliphatic carbocycles. The van der Waals surface area contributed by atoms with Crippen LogP contribution in [0.5, 0.6) is 0 Å². The summed E-state index contributed by atoms with van der Waals surface area (Å²) in [6.07, 6.45) is 1.11. The van der Waals surface area contributed by atoms with Gasteiger partial charge in [0.2, 0.25) is 0 Å². The molecular formula is C21H31N5S. The maximum atomic E-state index is 5.41. The van der Waals surface area contributed by atoms with Gasteiger partial charge in [-0.3, -0.25) is 0 Å². The Morgan fingerprint density at radius 2 is 1.93 bits per heavy atom. The first-order valence-corrected chi connectivity index (χ1v) is 10.2. The second-order valence-corrected chi connectivity index (χ2v) is 8.29. The molecule has 27 heavy (non-hydrogen) atoms. The molecule has 0 radical (unpaired) electrons. The van der Waals surface area contributed by atoms with E-state index in [-0.39, 0.29) is 0 Å². The molecule has 0 amide bonds. The second kappa shape index (κ2) is 8.85. The number of anilines is 2. The zero-order valence-electron chi connectivity index (χ0n) is 16.9. The number of nitrogens with zero attached hydrogens (tertiary/aromatic N) is 3. The number of rotatable bonds is 5. The van der Waals surface area contributed by atoms with Gasteiger partial charge in [0.05, 0.1) is 5.52 Å². The van der Waals surface area contributed by atoms with Crippen LogP contribution in [0.2, 0.25) is 0 Å². The van der Waals surface area contributed by atoms with E-state index in [1.54, 1.807) is 0 Å². The Morgan fingerprint density at radius 3 is 2.63 bits per heavy atom. The van der Waals surface area contributed by atoms with Gasteiger partial charge in [-0.25, -0.2) is 4.98 Å². The van der Waals surface area contributed by atoms with Crippen molar-refractivity contribution in [3.8, 4) is 0 Å². The SMILES string of the molecule is Cc1cc(N2CCN(C)CC2)nc2ccc(NC(=S)NCCC(C)C)cc12. The minimum Gasteiger partial charge on any atom is -0.362 e. The Balaban J connectivity index is 1.71. The monoisotopic (exact) mass is 385 g/mol. The summed E-state index contributed by atoms with van der Waals surface area (Å²) in [6, 6.07) is 8.48. The van der Waals surface area contributed by atoms with Gasteiger partial charge in [0.25, 0.3) is 0 Å². The highest BCUT2D eigenvalue weighted by molar-refractivity contribution is 7.80. The summed E-state index contributed by atoms with van der Waals surface area (Å²) >= 11 is 5.41. The number of hydrogen-bond acceptors (Lipinski definition) is 4. The molecule has 1 aromatic heterocycles. The van der Waals surface area contributed by atoms with E-state index in [0.717, 1.165) is 56.2 Å². The lowest BCUT2D eigenvalue weighted by molar-refractivity contribution is 0.312. The third-order valence-corrected chi connectivity index (χ3v) is 5.34. The third kappa shape index (κ3) is 5.30. The van der Waals surface area contributed by atoms with E-state index in [9.17, 15) is 0 Å². The Hall–Kier alpha value is -1.92. The topological polar surface area (TPSA) is 43.4 Å². The molecule has 0 spiro atoms. The number of thiocarbonyl (C=S) groups is 1. The predicted molar refractivity (Wildman–Crippen MR) is 120 cm³/mol. The molecule has 1 aromatic carbocycles. The van der Waals surface area contributed by atoms with E-state index >= 15 is 0 Å². The largest absolute Gasteiger partial charge is 0.362 e. The molecule has 2 aromatic rings. The van der Waals surface area contributed by atoms with Crippen molar-refractivity contribution in [2.75, 3.05) is 50.0 Å². The highest BCUT2D eigenvalue weighted by atomic mass is 32.1. The van der Waals surface area contributed by atoms with E-state index in [1.807, 2.05) is 0 Å². The van der Waals surface area contributed by atoms with Gasteiger partial charge < -0.3 is 20.4 Å². The fourth-order valence-electron chi connectivity index (χ4n) is 3.30. The highest BCUT2D eigenvalue weighted by Crippen LogP contribution is 2.26. The van der Waals surface area contributed by atoms with Crippen molar-refractivity contribution in [3.63, 3.8) is 0 Å². The third-order valence-electron chi connectivity index (χ3n) is 5.09. The first kappa shape index (κ1) is 19.8. The number of piperazine rings is 1. The number of benzene rings is 1. The number of pyridine rings is 1. The molecule has 1 aliphatic heterocycles. The molecule has 0 atom stereocenters. The Kier molecular flexibility index (Phi) is 6.50. The molecule has 0 bridgehead atoms. The van der Waals surface area contributed by atoms with Crippen molar-refractivity contribution in [3.05, 3.63) is 29.8 Å². The Labute approximate surface area is 168 Å². The van der Waals surface area contributed by atoms with Gasteiger partial charge in [-0.05, 0) is 68.4 Å². The van der Waals surface area contributed by atoms with Crippen LogP contribution in [-0.4, -0.2) is 54.8 Å². The van der Waals surface area contributed by atoms with Crippen LogP contribution >= 0.6 is 12.2 Å². The minimum atomic E-state index is 0.671. The van der Waals surface area contributed by atoms with E-state index in [4.69, 9.17) is 17.2 Å². The number of fused-ring (bicyclic) bond motifs is 1. The molecule has 5 nitrogen and oxygen atoms in total. The summed E-state index contributed by atoms with van der Waals surface area (Å²) in [5.41, 5.74) is 3.28. The summed E-state index contributed by atoms with van der Waals surface area (Å²) in [4.78, 5) is 9.65. The predicted octanol–water partition coefficient (Wildman–Crippen LogP) is 3.63. The molecular weight excluding hydrogens is 354 g/mol. The van der Waals surface area contributed by atoms with Crippen LogP contribution in [0, 0.1) is 12.8 Å². The zero-order valence-corrected chi connectivity index (χ0v) is 17.7. The normalized spacial score (nSPS) is 15.4. The second-order valence-electron chi connectivity index (χ2n) is 7.88. The highest BCUT2D eigenvalue weighted by Gasteiger charge is 2.16. The van der Waals surface area contributed by atoms with E-state index < -0.39 is 0 Å².